The summed E-state index contributed by atoms with van der Waals surface area (Å²) < 4.78 is 0. The van der Waals surface area contributed by atoms with Crippen LogP contribution in [-0.2, 0) is 4.79 Å². The van der Waals surface area contributed by atoms with Crippen LogP contribution >= 0.6 is 0 Å². The molecule has 0 spiro atoms. The van der Waals surface area contributed by atoms with E-state index in [1.807, 2.05) is 32.2 Å². The van der Waals surface area contributed by atoms with Crippen LogP contribution in [0, 0.1) is 6.92 Å². The van der Waals surface area contributed by atoms with Gasteiger partial charge < -0.3 is 10.0 Å². The van der Waals surface area contributed by atoms with Gasteiger partial charge in [-0.05, 0) is 44.5 Å². The van der Waals surface area contributed by atoms with Gasteiger partial charge in [0.05, 0.1) is 0 Å². The van der Waals surface area contributed by atoms with Gasteiger partial charge in [-0.15, -0.1) is 0 Å². The summed E-state index contributed by atoms with van der Waals surface area (Å²) in [7, 11) is 2.01. The minimum Gasteiger partial charge on any atom is -0.478 e. The van der Waals surface area contributed by atoms with Gasteiger partial charge in [0.2, 0.25) is 0 Å². The van der Waals surface area contributed by atoms with E-state index in [2.05, 4.69) is 18.7 Å². The SMILES string of the molecule is Cc1ccc(N(C)C(C)C)c(/C=C/C(=O)O)c1. The Bertz CT molecular complexity index is 436. The number of rotatable bonds is 4. The summed E-state index contributed by atoms with van der Waals surface area (Å²) in [4.78, 5) is 12.7. The molecule has 0 saturated carbocycles. The zero-order valence-corrected chi connectivity index (χ0v) is 10.8. The van der Waals surface area contributed by atoms with E-state index in [0.717, 1.165) is 16.8 Å². The highest BCUT2D eigenvalue weighted by atomic mass is 16.4. The molecule has 3 heteroatoms. The zero-order chi connectivity index (χ0) is 13.0. The third kappa shape index (κ3) is 3.63. The molecule has 0 aliphatic heterocycles. The highest BCUT2D eigenvalue weighted by Crippen LogP contribution is 2.23. The molecule has 0 radical (unpaired) electrons. The number of aryl methyl sites for hydroxylation is 1. The average Bonchev–Trinajstić information content (AvgIpc) is 2.25. The summed E-state index contributed by atoms with van der Waals surface area (Å²) >= 11 is 0. The van der Waals surface area contributed by atoms with Crippen molar-refractivity contribution < 1.29 is 9.90 Å². The third-order valence-electron chi connectivity index (χ3n) is 2.74. The number of carboxylic acids is 1. The van der Waals surface area contributed by atoms with Gasteiger partial charge in [-0.1, -0.05) is 11.6 Å². The molecule has 0 unspecified atom stereocenters. The van der Waals surface area contributed by atoms with E-state index in [1.165, 1.54) is 6.08 Å². The van der Waals surface area contributed by atoms with E-state index in [-0.39, 0.29) is 0 Å². The van der Waals surface area contributed by atoms with Gasteiger partial charge in [0.1, 0.15) is 0 Å². The monoisotopic (exact) mass is 233 g/mol. The van der Waals surface area contributed by atoms with Crippen molar-refractivity contribution in [2.45, 2.75) is 26.8 Å². The molecule has 1 aromatic rings. The first kappa shape index (κ1) is 13.3. The van der Waals surface area contributed by atoms with Gasteiger partial charge in [0.15, 0.2) is 0 Å². The number of nitrogens with zero attached hydrogens (tertiary/aromatic N) is 1. The lowest BCUT2D eigenvalue weighted by Gasteiger charge is -2.25. The normalized spacial score (nSPS) is 11.1. The lowest BCUT2D eigenvalue weighted by atomic mass is 10.1. The quantitative estimate of drug-likeness (QED) is 0.813. The predicted octanol–water partition coefficient (Wildman–Crippen LogP) is 2.94. The molecule has 0 aliphatic carbocycles. The predicted molar refractivity (Wildman–Crippen MR) is 71.4 cm³/mol. The summed E-state index contributed by atoms with van der Waals surface area (Å²) in [5, 5.41) is 8.68. The van der Waals surface area contributed by atoms with Crippen LogP contribution in [0.3, 0.4) is 0 Å². The molecule has 0 fully saturated rings. The van der Waals surface area contributed by atoms with Crippen molar-refractivity contribution in [1.29, 1.82) is 0 Å². The van der Waals surface area contributed by atoms with Crippen LogP contribution < -0.4 is 4.90 Å². The van der Waals surface area contributed by atoms with Gasteiger partial charge in [0.25, 0.3) is 0 Å². The zero-order valence-electron chi connectivity index (χ0n) is 10.8. The van der Waals surface area contributed by atoms with E-state index in [1.54, 1.807) is 6.08 Å². The van der Waals surface area contributed by atoms with Crippen molar-refractivity contribution in [2.75, 3.05) is 11.9 Å². The maximum atomic E-state index is 10.6. The Morgan fingerprint density at radius 3 is 2.59 bits per heavy atom. The molecule has 1 aromatic carbocycles. The second-order valence-corrected chi connectivity index (χ2v) is 4.44. The number of carbonyl (C=O) groups is 1. The van der Waals surface area contributed by atoms with Crippen LogP contribution in [0.4, 0.5) is 5.69 Å². The fourth-order valence-electron chi connectivity index (χ4n) is 1.57. The summed E-state index contributed by atoms with van der Waals surface area (Å²) in [5.74, 6) is -0.926. The Balaban J connectivity index is 3.16. The molecule has 17 heavy (non-hydrogen) atoms. The van der Waals surface area contributed by atoms with Crippen molar-refractivity contribution in [1.82, 2.24) is 0 Å². The minimum atomic E-state index is -0.926. The molecule has 0 aromatic heterocycles. The second-order valence-electron chi connectivity index (χ2n) is 4.44. The summed E-state index contributed by atoms with van der Waals surface area (Å²) in [6.07, 6.45) is 2.82. The Labute approximate surface area is 102 Å². The van der Waals surface area contributed by atoms with Crippen LogP contribution in [0.15, 0.2) is 24.3 Å². The maximum Gasteiger partial charge on any atom is 0.328 e. The average molecular weight is 233 g/mol. The number of hydrogen-bond acceptors (Lipinski definition) is 2. The topological polar surface area (TPSA) is 40.5 Å². The molecule has 3 nitrogen and oxygen atoms in total. The van der Waals surface area contributed by atoms with E-state index in [4.69, 9.17) is 5.11 Å². The van der Waals surface area contributed by atoms with Crippen molar-refractivity contribution in [2.24, 2.45) is 0 Å². The molecule has 0 atom stereocenters. The number of benzene rings is 1. The van der Waals surface area contributed by atoms with Gasteiger partial charge in [-0.3, -0.25) is 0 Å². The van der Waals surface area contributed by atoms with E-state index < -0.39 is 5.97 Å². The van der Waals surface area contributed by atoms with Gasteiger partial charge in [-0.25, -0.2) is 4.79 Å². The Morgan fingerprint density at radius 2 is 2.06 bits per heavy atom. The largest absolute Gasteiger partial charge is 0.478 e. The van der Waals surface area contributed by atoms with Gasteiger partial charge in [-0.2, -0.15) is 0 Å². The fourth-order valence-corrected chi connectivity index (χ4v) is 1.57. The molecule has 0 amide bonds. The number of carboxylic acid groups (broad SMARTS) is 1. The standard InChI is InChI=1S/C14H19NO2/c1-10(2)15(4)13-7-5-11(3)9-12(13)6-8-14(16)17/h5-10H,1-4H3,(H,16,17)/b8-6+. The summed E-state index contributed by atoms with van der Waals surface area (Å²) in [5.41, 5.74) is 3.10. The third-order valence-corrected chi connectivity index (χ3v) is 2.74. The van der Waals surface area contributed by atoms with Gasteiger partial charge >= 0.3 is 5.97 Å². The van der Waals surface area contributed by atoms with Crippen LogP contribution in [0.25, 0.3) is 6.08 Å². The first-order chi connectivity index (χ1) is 7.91. The van der Waals surface area contributed by atoms with Crippen LogP contribution in [0.2, 0.25) is 0 Å². The van der Waals surface area contributed by atoms with E-state index in [0.29, 0.717) is 6.04 Å². The Hall–Kier alpha value is -1.77. The van der Waals surface area contributed by atoms with Crippen LogP contribution in [0.1, 0.15) is 25.0 Å². The van der Waals surface area contributed by atoms with E-state index >= 15 is 0 Å². The molecule has 0 saturated heterocycles. The van der Waals surface area contributed by atoms with Crippen molar-refractivity contribution in [3.63, 3.8) is 0 Å². The molecular weight excluding hydrogens is 214 g/mol. The minimum absolute atomic E-state index is 0.370. The molecule has 1 rings (SSSR count). The maximum absolute atomic E-state index is 10.6. The smallest absolute Gasteiger partial charge is 0.328 e. The number of anilines is 1. The van der Waals surface area contributed by atoms with E-state index in [9.17, 15) is 4.79 Å². The molecule has 92 valence electrons. The Morgan fingerprint density at radius 1 is 1.41 bits per heavy atom. The van der Waals surface area contributed by atoms with Crippen molar-refractivity contribution in [3.8, 4) is 0 Å². The second kappa shape index (κ2) is 5.53. The highest BCUT2D eigenvalue weighted by Gasteiger charge is 2.08. The lowest BCUT2D eigenvalue weighted by molar-refractivity contribution is -0.131. The number of aliphatic carboxylic acids is 1. The molecule has 1 N–H and O–H groups in total. The highest BCUT2D eigenvalue weighted by molar-refractivity contribution is 5.87. The van der Waals surface area contributed by atoms with Crippen molar-refractivity contribution in [3.05, 3.63) is 35.4 Å². The lowest BCUT2D eigenvalue weighted by Crippen LogP contribution is -2.26. The molecule has 0 heterocycles. The van der Waals surface area contributed by atoms with Crippen LogP contribution in [-0.4, -0.2) is 24.2 Å². The molecular formula is C14H19NO2. The summed E-state index contributed by atoms with van der Waals surface area (Å²) in [6, 6.07) is 6.42. The Kier molecular flexibility index (Phi) is 4.32. The fraction of sp³-hybridized carbons (Fsp3) is 0.357. The van der Waals surface area contributed by atoms with Gasteiger partial charge in [0, 0.05) is 24.9 Å². The molecule has 0 aliphatic rings. The number of hydrogen-bond donors (Lipinski definition) is 1. The summed E-state index contributed by atoms with van der Waals surface area (Å²) in [6.45, 7) is 6.20. The first-order valence-electron chi connectivity index (χ1n) is 5.66. The molecule has 0 bridgehead atoms. The first-order valence-corrected chi connectivity index (χ1v) is 5.66. The van der Waals surface area contributed by atoms with Crippen molar-refractivity contribution >= 4 is 17.7 Å². The van der Waals surface area contributed by atoms with Crippen LogP contribution in [0.5, 0.6) is 0 Å².